The fraction of sp³-hybridized carbons (Fsp3) is 0.524. The molecular weight excluding hydrogens is 583 g/mol. The van der Waals surface area contributed by atoms with E-state index >= 15 is 0 Å². The van der Waals surface area contributed by atoms with Crippen LogP contribution in [0.5, 0.6) is 0 Å². The van der Waals surface area contributed by atoms with Crippen LogP contribution in [0.25, 0.3) is 22.3 Å². The molecule has 0 radical (unpaired) electrons. The van der Waals surface area contributed by atoms with Crippen LogP contribution in [0.2, 0.25) is 0 Å². The molecule has 16 nitrogen and oxygen atoms in total. The number of ether oxygens (including phenoxy) is 3. The number of imidazole rings is 2. The molecule has 2 bridgehead atoms. The van der Waals surface area contributed by atoms with Gasteiger partial charge in [-0.2, -0.15) is 4.98 Å². The lowest BCUT2D eigenvalue weighted by atomic mass is 9.98. The summed E-state index contributed by atoms with van der Waals surface area (Å²) in [5, 5.41) is 0. The first-order chi connectivity index (χ1) is 19.3. The highest BCUT2D eigenvalue weighted by atomic mass is 32.9. The van der Waals surface area contributed by atoms with Crippen LogP contribution in [-0.2, 0) is 35.1 Å². The highest BCUT2D eigenvalue weighted by molar-refractivity contribution is 8.60. The summed E-state index contributed by atoms with van der Waals surface area (Å²) in [5.41, 5.74) is 9.70. The standard InChI is InChI=1S/C21H25N10O6PS2/c22-16-14-17(25-6-24-16)30(7-26-14)12-3-9-1-2-33-13-4-10(37-38(39,40)34-5-11(9)35-12)20(36-13)31-8-27-15-18(31)28-21(23)29-19(15)32/h6-13,20H,1-5H2,(H,39,40)(H2,22,24,25)(H3,23,28,29,32)/t9-,10+,11+,12+,13?,20+/m0/s1. The van der Waals surface area contributed by atoms with Crippen LogP contribution in [0.4, 0.5) is 11.8 Å². The smallest absolute Gasteiger partial charge is 0.280 e. The highest BCUT2D eigenvalue weighted by Gasteiger charge is 2.44. The Morgan fingerprint density at radius 3 is 2.75 bits per heavy atom. The molecule has 212 valence electrons. The fourth-order valence-electron chi connectivity index (χ4n) is 5.42. The van der Waals surface area contributed by atoms with E-state index in [-0.39, 0.29) is 42.0 Å². The van der Waals surface area contributed by atoms with Gasteiger partial charge in [-0.15, -0.1) is 0 Å². The third-order valence-corrected chi connectivity index (χ3v) is 9.50. The minimum absolute atomic E-state index is 0.0412. The molecule has 7 heterocycles. The number of anilines is 2. The van der Waals surface area contributed by atoms with E-state index in [4.69, 9.17) is 46.5 Å². The zero-order valence-corrected chi connectivity index (χ0v) is 23.4. The van der Waals surface area contributed by atoms with Crippen molar-refractivity contribution in [1.82, 2.24) is 39.0 Å². The Morgan fingerprint density at radius 1 is 1.05 bits per heavy atom. The topological polar surface area (TPSA) is 205 Å². The van der Waals surface area contributed by atoms with Gasteiger partial charge in [-0.05, 0) is 30.6 Å². The maximum absolute atomic E-state index is 12.3. The van der Waals surface area contributed by atoms with Gasteiger partial charge in [-0.3, -0.25) is 18.9 Å². The van der Waals surface area contributed by atoms with E-state index < -0.39 is 29.9 Å². The molecule has 0 spiro atoms. The Bertz CT molecular complexity index is 1700. The molecule has 3 fully saturated rings. The molecule has 5 N–H and O–H groups in total. The molecule has 0 aliphatic carbocycles. The van der Waals surface area contributed by atoms with E-state index in [1.54, 1.807) is 10.9 Å². The number of rotatable bonds is 2. The third kappa shape index (κ3) is 4.67. The normalized spacial score (nSPS) is 33.1. The van der Waals surface area contributed by atoms with Gasteiger partial charge in [0.05, 0.1) is 32.0 Å². The summed E-state index contributed by atoms with van der Waals surface area (Å²) in [5.74, 6) is 0.343. The Morgan fingerprint density at radius 2 is 1.88 bits per heavy atom. The van der Waals surface area contributed by atoms with Gasteiger partial charge in [-0.25, -0.2) is 19.9 Å². The largest absolute Gasteiger partial charge is 0.382 e. The first-order valence-electron chi connectivity index (χ1n) is 12.5. The third-order valence-electron chi connectivity index (χ3n) is 7.28. The molecule has 40 heavy (non-hydrogen) atoms. The number of aromatic amines is 1. The minimum Gasteiger partial charge on any atom is -0.382 e. The van der Waals surface area contributed by atoms with E-state index in [1.807, 2.05) is 4.57 Å². The van der Waals surface area contributed by atoms with Gasteiger partial charge in [-0.1, -0.05) is 12.2 Å². The Hall–Kier alpha value is -2.70. The second-order valence-corrected chi connectivity index (χ2v) is 15.0. The van der Waals surface area contributed by atoms with Gasteiger partial charge >= 0.3 is 0 Å². The summed E-state index contributed by atoms with van der Waals surface area (Å²) in [6.45, 7) is 0.584. The number of nitrogen functional groups attached to an aromatic ring is 2. The van der Waals surface area contributed by atoms with Crippen LogP contribution in [0.15, 0.2) is 23.8 Å². The van der Waals surface area contributed by atoms with E-state index in [9.17, 15) is 4.79 Å². The summed E-state index contributed by atoms with van der Waals surface area (Å²) in [6.07, 6.45) is 3.62. The highest BCUT2D eigenvalue weighted by Crippen LogP contribution is 2.58. The lowest BCUT2D eigenvalue weighted by Crippen LogP contribution is -2.25. The molecule has 2 unspecified atom stereocenters. The van der Waals surface area contributed by atoms with Gasteiger partial charge in [0, 0.05) is 6.42 Å². The van der Waals surface area contributed by atoms with Crippen molar-refractivity contribution in [3.63, 3.8) is 0 Å². The number of fused-ring (bicyclic) bond motifs is 5. The lowest BCUT2D eigenvalue weighted by Gasteiger charge is -2.27. The Balaban J connectivity index is 1.13. The summed E-state index contributed by atoms with van der Waals surface area (Å²) in [4.78, 5) is 35.8. The molecule has 0 aromatic carbocycles. The zero-order chi connectivity index (χ0) is 27.6. The van der Waals surface area contributed by atoms with Gasteiger partial charge in [0.2, 0.25) is 11.6 Å². The first-order valence-corrected chi connectivity index (χ1v) is 16.3. The number of hydrogen-bond donors (Lipinski definition) is 4. The van der Waals surface area contributed by atoms with E-state index in [2.05, 4.69) is 42.2 Å². The second-order valence-electron chi connectivity index (χ2n) is 9.74. The average Bonchev–Trinajstić information content (AvgIpc) is 3.67. The van der Waals surface area contributed by atoms with Crippen molar-refractivity contribution in [3.8, 4) is 0 Å². The molecule has 3 saturated heterocycles. The molecule has 7 rings (SSSR count). The van der Waals surface area contributed by atoms with E-state index in [0.29, 0.717) is 42.9 Å². The van der Waals surface area contributed by atoms with Crippen molar-refractivity contribution in [2.45, 2.75) is 50.2 Å². The average molecular weight is 609 g/mol. The number of aromatic nitrogens is 8. The maximum Gasteiger partial charge on any atom is 0.280 e. The molecule has 3 aliphatic rings. The molecular formula is C21H25N10O6PS2. The Kier molecular flexibility index (Phi) is 6.55. The summed E-state index contributed by atoms with van der Waals surface area (Å²) in [7, 11) is 0. The summed E-state index contributed by atoms with van der Waals surface area (Å²) >= 11 is 10.3. The van der Waals surface area contributed by atoms with Gasteiger partial charge in [0.15, 0.2) is 35.1 Å². The van der Waals surface area contributed by atoms with E-state index in [0.717, 1.165) is 0 Å². The quantitative estimate of drug-likeness (QED) is 0.187. The number of nitrogens with two attached hydrogens (primary N) is 2. The van der Waals surface area contributed by atoms with Crippen LogP contribution in [0.3, 0.4) is 0 Å². The molecule has 4 aromatic rings. The van der Waals surface area contributed by atoms with Gasteiger partial charge in [0.25, 0.3) is 5.56 Å². The SMILES string of the molecule is Nc1nc2c(ncn2[C@@H]2OC3C[C@H]2OP(=S)(S)OC[C@H]2O[C@@H](n4cnc5c(N)ncnc54)C[C@@H]2CCO3)c(=O)[nH]1. The monoisotopic (exact) mass is 608 g/mol. The van der Waals surface area contributed by atoms with E-state index in [1.165, 1.54) is 12.7 Å². The molecule has 3 aliphatic heterocycles. The number of H-pyrrole nitrogens is 1. The first kappa shape index (κ1) is 26.2. The van der Waals surface area contributed by atoms with Crippen LogP contribution in [0.1, 0.15) is 31.7 Å². The van der Waals surface area contributed by atoms with Crippen molar-refractivity contribution in [2.75, 3.05) is 24.7 Å². The number of hydrogen-bond acceptors (Lipinski definition) is 14. The van der Waals surface area contributed by atoms with Gasteiger partial charge in [0.1, 0.15) is 24.2 Å². The molecule has 0 amide bonds. The number of nitrogens with zero attached hydrogens (tertiary/aromatic N) is 7. The maximum atomic E-state index is 12.3. The molecule has 4 aromatic heterocycles. The van der Waals surface area contributed by atoms with Gasteiger partial charge < -0.3 is 34.7 Å². The van der Waals surface area contributed by atoms with Crippen LogP contribution < -0.4 is 17.0 Å². The van der Waals surface area contributed by atoms with Crippen molar-refractivity contribution in [2.24, 2.45) is 5.92 Å². The van der Waals surface area contributed by atoms with Crippen molar-refractivity contribution >= 4 is 63.8 Å². The number of nitrogens with one attached hydrogen (secondary N) is 1. The van der Waals surface area contributed by atoms with Crippen molar-refractivity contribution < 1.29 is 23.3 Å². The van der Waals surface area contributed by atoms with Crippen molar-refractivity contribution in [1.29, 1.82) is 0 Å². The zero-order valence-electron chi connectivity index (χ0n) is 20.8. The van der Waals surface area contributed by atoms with Crippen molar-refractivity contribution in [3.05, 3.63) is 29.3 Å². The molecule has 19 heteroatoms. The predicted octanol–water partition coefficient (Wildman–Crippen LogP) is 1.25. The summed E-state index contributed by atoms with van der Waals surface area (Å²) in [6, 6.07) is 0. The molecule has 0 saturated carbocycles. The minimum atomic E-state index is -3.07. The lowest BCUT2D eigenvalue weighted by molar-refractivity contribution is -0.154. The van der Waals surface area contributed by atoms with Crippen LogP contribution >= 0.6 is 17.9 Å². The predicted molar refractivity (Wildman–Crippen MR) is 148 cm³/mol. The van der Waals surface area contributed by atoms with Crippen LogP contribution in [0, 0.1) is 5.92 Å². The fourth-order valence-corrected chi connectivity index (χ4v) is 7.43. The molecule has 7 atom stereocenters. The van der Waals surface area contributed by atoms with Crippen LogP contribution in [-0.4, -0.2) is 70.7 Å². The summed E-state index contributed by atoms with van der Waals surface area (Å²) < 4.78 is 34.5. The Labute approximate surface area is 236 Å². The second kappa shape index (κ2) is 9.99. The number of thiol groups is 1.